The van der Waals surface area contributed by atoms with Crippen LogP contribution in [0.15, 0.2) is 41.3 Å². The molecule has 2 aromatic carbocycles. The maximum absolute atomic E-state index is 11.5. The minimum absolute atomic E-state index is 0.712. The zero-order valence-corrected chi connectivity index (χ0v) is 8.30. The van der Waals surface area contributed by atoms with Crippen LogP contribution >= 0.6 is 0 Å². The van der Waals surface area contributed by atoms with Gasteiger partial charge in [-0.25, -0.2) is 8.93 Å². The van der Waals surface area contributed by atoms with Crippen molar-refractivity contribution < 1.29 is 4.21 Å². The van der Waals surface area contributed by atoms with Crippen LogP contribution in [0.1, 0.15) is 5.56 Å². The molecule has 0 aromatic heterocycles. The number of rotatable bonds is 0. The molecule has 1 unspecified atom stereocenters. The number of nitrogens with one attached hydrogen (secondary N) is 1. The zero-order chi connectivity index (χ0) is 9.54. The molecule has 0 aliphatic carbocycles. The normalized spacial score (nSPS) is 19.9. The molecular weight excluding hydrogens is 194 g/mol. The average molecular weight is 203 g/mol. The molecule has 0 spiro atoms. The van der Waals surface area contributed by atoms with Gasteiger partial charge in [0.1, 0.15) is 11.0 Å². The maximum Gasteiger partial charge on any atom is 0.125 e. The smallest absolute Gasteiger partial charge is 0.125 e. The molecule has 3 heteroatoms. The maximum atomic E-state index is 11.5. The van der Waals surface area contributed by atoms with Crippen LogP contribution < -0.4 is 4.72 Å². The lowest BCUT2D eigenvalue weighted by atomic mass is 10.0. The molecule has 2 aromatic rings. The molecule has 0 saturated heterocycles. The Morgan fingerprint density at radius 3 is 2.93 bits per heavy atom. The average Bonchev–Trinajstić information content (AvgIpc) is 2.61. The van der Waals surface area contributed by atoms with E-state index in [9.17, 15) is 4.21 Å². The molecule has 1 aliphatic heterocycles. The molecule has 0 radical (unpaired) electrons. The van der Waals surface area contributed by atoms with E-state index in [0.717, 1.165) is 4.90 Å². The Balaban J connectivity index is 2.44. The number of hydrogen-bond donors (Lipinski definition) is 1. The molecule has 70 valence electrons. The van der Waals surface area contributed by atoms with Gasteiger partial charge in [0.05, 0.1) is 4.90 Å². The highest BCUT2D eigenvalue weighted by atomic mass is 32.2. The van der Waals surface area contributed by atoms with Crippen molar-refractivity contribution in [2.45, 2.75) is 11.4 Å². The first-order chi connectivity index (χ1) is 6.86. The van der Waals surface area contributed by atoms with Gasteiger partial charge >= 0.3 is 0 Å². The third-order valence-corrected chi connectivity index (χ3v) is 3.77. The first-order valence-corrected chi connectivity index (χ1v) is 5.67. The Kier molecular flexibility index (Phi) is 1.69. The molecule has 1 heterocycles. The summed E-state index contributed by atoms with van der Waals surface area (Å²) in [6.07, 6.45) is 0. The number of benzene rings is 2. The van der Waals surface area contributed by atoms with E-state index >= 15 is 0 Å². The fraction of sp³-hybridized carbons (Fsp3) is 0.0909. The van der Waals surface area contributed by atoms with E-state index < -0.39 is 11.0 Å². The Morgan fingerprint density at radius 2 is 2.00 bits per heavy atom. The molecule has 1 N–H and O–H groups in total. The Labute approximate surface area is 84.5 Å². The van der Waals surface area contributed by atoms with Crippen molar-refractivity contribution in [2.24, 2.45) is 0 Å². The second-order valence-corrected chi connectivity index (χ2v) is 4.62. The highest BCUT2D eigenvalue weighted by molar-refractivity contribution is 7.83. The van der Waals surface area contributed by atoms with E-state index in [0.29, 0.717) is 6.54 Å². The van der Waals surface area contributed by atoms with Gasteiger partial charge in [-0.15, -0.1) is 0 Å². The van der Waals surface area contributed by atoms with Crippen LogP contribution in [-0.2, 0) is 17.5 Å². The van der Waals surface area contributed by atoms with E-state index in [2.05, 4.69) is 16.9 Å². The van der Waals surface area contributed by atoms with Gasteiger partial charge in [-0.05, 0) is 22.4 Å². The van der Waals surface area contributed by atoms with Crippen molar-refractivity contribution in [3.63, 3.8) is 0 Å². The summed E-state index contributed by atoms with van der Waals surface area (Å²) >= 11 is 0. The number of hydrogen-bond acceptors (Lipinski definition) is 1. The first kappa shape index (κ1) is 8.15. The lowest BCUT2D eigenvalue weighted by molar-refractivity contribution is 0.678. The summed E-state index contributed by atoms with van der Waals surface area (Å²) in [5.74, 6) is 0. The summed E-state index contributed by atoms with van der Waals surface area (Å²) in [6, 6.07) is 12.2. The molecule has 0 amide bonds. The quantitative estimate of drug-likeness (QED) is 0.696. The summed E-state index contributed by atoms with van der Waals surface area (Å²) in [5, 5.41) is 2.43. The standard InChI is InChI=1S/C11H9NOS/c13-14-11-6-5-8-3-1-2-4-9(8)10(11)7-12-14/h1-6,12H,7H2. The van der Waals surface area contributed by atoms with Gasteiger partial charge in [0.15, 0.2) is 0 Å². The van der Waals surface area contributed by atoms with Crippen molar-refractivity contribution in [3.8, 4) is 0 Å². The molecule has 1 atom stereocenters. The summed E-state index contributed by atoms with van der Waals surface area (Å²) < 4.78 is 14.5. The lowest BCUT2D eigenvalue weighted by Gasteiger charge is -2.02. The van der Waals surface area contributed by atoms with Gasteiger partial charge in [-0.1, -0.05) is 30.3 Å². The molecular formula is C11H9NOS. The molecule has 0 saturated carbocycles. The van der Waals surface area contributed by atoms with E-state index in [-0.39, 0.29) is 0 Å². The monoisotopic (exact) mass is 203 g/mol. The Morgan fingerprint density at radius 1 is 1.14 bits per heavy atom. The third-order valence-electron chi connectivity index (χ3n) is 2.58. The van der Waals surface area contributed by atoms with Crippen LogP contribution in [-0.4, -0.2) is 4.21 Å². The van der Waals surface area contributed by atoms with Gasteiger partial charge in [0.25, 0.3) is 0 Å². The summed E-state index contributed by atoms with van der Waals surface area (Å²) in [4.78, 5) is 0.934. The van der Waals surface area contributed by atoms with Gasteiger partial charge < -0.3 is 0 Å². The Hall–Kier alpha value is -1.19. The second-order valence-electron chi connectivity index (χ2n) is 3.35. The summed E-state index contributed by atoms with van der Waals surface area (Å²) in [5.41, 5.74) is 1.18. The second kappa shape index (κ2) is 2.90. The topological polar surface area (TPSA) is 29.1 Å². The van der Waals surface area contributed by atoms with E-state index in [1.54, 1.807) is 0 Å². The van der Waals surface area contributed by atoms with Crippen LogP contribution in [0.4, 0.5) is 0 Å². The van der Waals surface area contributed by atoms with E-state index in [1.165, 1.54) is 16.3 Å². The van der Waals surface area contributed by atoms with Crippen LogP contribution in [0.25, 0.3) is 10.8 Å². The predicted molar refractivity (Wildman–Crippen MR) is 57.2 cm³/mol. The third kappa shape index (κ3) is 1.03. The minimum Gasteiger partial charge on any atom is -0.237 e. The molecule has 1 aliphatic rings. The number of fused-ring (bicyclic) bond motifs is 3. The summed E-state index contributed by atoms with van der Waals surface area (Å²) in [6.45, 7) is 0.712. The molecule has 0 fully saturated rings. The van der Waals surface area contributed by atoms with Crippen molar-refractivity contribution in [1.82, 2.24) is 4.72 Å². The van der Waals surface area contributed by atoms with Gasteiger partial charge in [0.2, 0.25) is 0 Å². The minimum atomic E-state index is -1.00. The van der Waals surface area contributed by atoms with Gasteiger partial charge in [-0.2, -0.15) is 0 Å². The largest absolute Gasteiger partial charge is 0.237 e. The lowest BCUT2D eigenvalue weighted by Crippen LogP contribution is -2.05. The first-order valence-electron chi connectivity index (χ1n) is 4.52. The van der Waals surface area contributed by atoms with Crippen LogP contribution in [0.5, 0.6) is 0 Å². The Bertz CT molecular complexity index is 536. The molecule has 3 rings (SSSR count). The SMILES string of the molecule is O=S1NCc2c1ccc1ccccc21. The van der Waals surface area contributed by atoms with Crippen molar-refractivity contribution >= 4 is 21.8 Å². The molecule has 14 heavy (non-hydrogen) atoms. The van der Waals surface area contributed by atoms with Crippen LogP contribution in [0, 0.1) is 0 Å². The van der Waals surface area contributed by atoms with Crippen molar-refractivity contribution in [2.75, 3.05) is 0 Å². The van der Waals surface area contributed by atoms with E-state index in [4.69, 9.17) is 0 Å². The van der Waals surface area contributed by atoms with Gasteiger partial charge in [0, 0.05) is 6.54 Å². The van der Waals surface area contributed by atoms with Gasteiger partial charge in [-0.3, -0.25) is 0 Å². The molecule has 2 nitrogen and oxygen atoms in total. The van der Waals surface area contributed by atoms with Crippen LogP contribution in [0.3, 0.4) is 0 Å². The highest BCUT2D eigenvalue weighted by Crippen LogP contribution is 2.27. The van der Waals surface area contributed by atoms with Crippen molar-refractivity contribution in [1.29, 1.82) is 0 Å². The predicted octanol–water partition coefficient (Wildman–Crippen LogP) is 1.97. The highest BCUT2D eigenvalue weighted by Gasteiger charge is 2.19. The molecule has 0 bridgehead atoms. The fourth-order valence-electron chi connectivity index (χ4n) is 1.89. The van der Waals surface area contributed by atoms with Crippen molar-refractivity contribution in [3.05, 3.63) is 42.0 Å². The van der Waals surface area contributed by atoms with E-state index in [1.807, 2.05) is 24.3 Å². The van der Waals surface area contributed by atoms with Crippen LogP contribution in [0.2, 0.25) is 0 Å². The zero-order valence-electron chi connectivity index (χ0n) is 7.49. The fourth-order valence-corrected chi connectivity index (χ4v) is 2.92. The summed E-state index contributed by atoms with van der Waals surface area (Å²) in [7, 11) is -1.00.